The summed E-state index contributed by atoms with van der Waals surface area (Å²) in [5, 5.41) is 0.978. The molecule has 118 valence electrons. The molecule has 4 rings (SSSR count). The lowest BCUT2D eigenvalue weighted by Gasteiger charge is -2.31. The van der Waals surface area contributed by atoms with Crippen LogP contribution in [0.15, 0.2) is 53.5 Å². The summed E-state index contributed by atoms with van der Waals surface area (Å²) in [6.07, 6.45) is 7.69. The lowest BCUT2D eigenvalue weighted by atomic mass is 9.96. The maximum atomic E-state index is 12.6. The Kier molecular flexibility index (Phi) is 3.61. The van der Waals surface area contributed by atoms with E-state index in [4.69, 9.17) is 4.42 Å². The van der Waals surface area contributed by atoms with Crippen LogP contribution in [0, 0.1) is 5.92 Å². The summed E-state index contributed by atoms with van der Waals surface area (Å²) in [5.74, 6) is 1.05. The summed E-state index contributed by atoms with van der Waals surface area (Å²) in [6.45, 7) is 2.55. The lowest BCUT2D eigenvalue weighted by Crippen LogP contribution is -2.39. The van der Waals surface area contributed by atoms with Gasteiger partial charge in [0.25, 0.3) is 5.91 Å². The van der Waals surface area contributed by atoms with Crippen LogP contribution in [-0.2, 0) is 6.54 Å². The van der Waals surface area contributed by atoms with E-state index in [1.807, 2.05) is 47.8 Å². The molecule has 5 nitrogen and oxygen atoms in total. The van der Waals surface area contributed by atoms with E-state index in [2.05, 4.69) is 9.55 Å². The van der Waals surface area contributed by atoms with Crippen LogP contribution in [0.1, 0.15) is 23.4 Å². The van der Waals surface area contributed by atoms with E-state index in [0.29, 0.717) is 11.7 Å². The van der Waals surface area contributed by atoms with Gasteiger partial charge < -0.3 is 13.9 Å². The molecular formula is C18H19N3O2. The molecule has 1 aromatic carbocycles. The minimum absolute atomic E-state index is 0.00211. The van der Waals surface area contributed by atoms with E-state index in [1.165, 1.54) is 0 Å². The summed E-state index contributed by atoms with van der Waals surface area (Å²) in [6, 6.07) is 9.57. The number of fused-ring (bicyclic) bond motifs is 1. The number of benzene rings is 1. The van der Waals surface area contributed by atoms with E-state index >= 15 is 0 Å². The van der Waals surface area contributed by atoms with E-state index in [9.17, 15) is 4.79 Å². The Balaban J connectivity index is 1.40. The van der Waals surface area contributed by atoms with Crippen molar-refractivity contribution in [3.8, 4) is 0 Å². The fourth-order valence-electron chi connectivity index (χ4n) is 3.25. The van der Waals surface area contributed by atoms with Crippen LogP contribution in [-0.4, -0.2) is 33.4 Å². The number of rotatable bonds is 3. The Bertz CT molecular complexity index is 766. The molecule has 3 aromatic rings. The number of likely N-dealkylation sites (tertiary alicyclic amines) is 1. The van der Waals surface area contributed by atoms with Crippen LogP contribution >= 0.6 is 0 Å². The molecule has 0 saturated carbocycles. The van der Waals surface area contributed by atoms with Gasteiger partial charge in [0.1, 0.15) is 5.58 Å². The van der Waals surface area contributed by atoms with Crippen molar-refractivity contribution >= 4 is 16.9 Å². The molecule has 0 N–H and O–H groups in total. The third-order valence-corrected chi connectivity index (χ3v) is 4.57. The first kappa shape index (κ1) is 14.1. The SMILES string of the molecule is O=C(c1cc2ccccc2o1)N1CCC(Cn2ccnc2)CC1. The van der Waals surface area contributed by atoms with Gasteiger partial charge in [-0.05, 0) is 30.9 Å². The second kappa shape index (κ2) is 5.91. The number of amides is 1. The van der Waals surface area contributed by atoms with Crippen LogP contribution in [0.2, 0.25) is 0 Å². The van der Waals surface area contributed by atoms with Gasteiger partial charge in [-0.25, -0.2) is 4.98 Å². The number of carbonyl (C=O) groups is 1. The van der Waals surface area contributed by atoms with Gasteiger partial charge in [0.15, 0.2) is 5.76 Å². The average Bonchev–Trinajstić information content (AvgIpc) is 3.24. The van der Waals surface area contributed by atoms with Crippen LogP contribution in [0.4, 0.5) is 0 Å². The highest BCUT2D eigenvalue weighted by atomic mass is 16.3. The van der Waals surface area contributed by atoms with Crippen molar-refractivity contribution in [1.29, 1.82) is 0 Å². The van der Waals surface area contributed by atoms with Crippen molar-refractivity contribution in [2.45, 2.75) is 19.4 Å². The first-order valence-electron chi connectivity index (χ1n) is 8.03. The smallest absolute Gasteiger partial charge is 0.289 e. The van der Waals surface area contributed by atoms with E-state index in [0.717, 1.165) is 43.4 Å². The average molecular weight is 309 g/mol. The maximum Gasteiger partial charge on any atom is 0.289 e. The Hall–Kier alpha value is -2.56. The quantitative estimate of drug-likeness (QED) is 0.746. The minimum atomic E-state index is 0.00211. The van der Waals surface area contributed by atoms with E-state index in [-0.39, 0.29) is 5.91 Å². The van der Waals surface area contributed by atoms with Gasteiger partial charge in [-0.3, -0.25) is 4.79 Å². The van der Waals surface area contributed by atoms with Gasteiger partial charge in [0.05, 0.1) is 6.33 Å². The second-order valence-corrected chi connectivity index (χ2v) is 6.14. The minimum Gasteiger partial charge on any atom is -0.451 e. The number of nitrogens with zero attached hydrogens (tertiary/aromatic N) is 3. The first-order chi connectivity index (χ1) is 11.3. The topological polar surface area (TPSA) is 51.3 Å². The summed E-state index contributed by atoms with van der Waals surface area (Å²) < 4.78 is 7.80. The molecule has 0 unspecified atom stereocenters. The number of piperidine rings is 1. The molecule has 1 fully saturated rings. The Morgan fingerprint density at radius 3 is 2.83 bits per heavy atom. The predicted molar refractivity (Wildman–Crippen MR) is 87.1 cm³/mol. The number of aromatic nitrogens is 2. The summed E-state index contributed by atoms with van der Waals surface area (Å²) in [4.78, 5) is 18.6. The Morgan fingerprint density at radius 1 is 1.26 bits per heavy atom. The van der Waals surface area contributed by atoms with Crippen LogP contribution in [0.25, 0.3) is 11.0 Å². The van der Waals surface area contributed by atoms with E-state index < -0.39 is 0 Å². The number of furan rings is 1. The lowest BCUT2D eigenvalue weighted by molar-refractivity contribution is 0.0653. The third-order valence-electron chi connectivity index (χ3n) is 4.57. The zero-order chi connectivity index (χ0) is 15.6. The molecule has 0 bridgehead atoms. The highest BCUT2D eigenvalue weighted by Crippen LogP contribution is 2.24. The van der Waals surface area contributed by atoms with Gasteiger partial charge in [-0.2, -0.15) is 0 Å². The Morgan fingerprint density at radius 2 is 2.09 bits per heavy atom. The highest BCUT2D eigenvalue weighted by molar-refractivity contribution is 5.96. The van der Waals surface area contributed by atoms with Crippen molar-refractivity contribution in [2.24, 2.45) is 5.92 Å². The normalized spacial score (nSPS) is 16.1. The second-order valence-electron chi connectivity index (χ2n) is 6.14. The largest absolute Gasteiger partial charge is 0.451 e. The highest BCUT2D eigenvalue weighted by Gasteiger charge is 2.25. The van der Waals surface area contributed by atoms with Crippen LogP contribution < -0.4 is 0 Å². The molecule has 23 heavy (non-hydrogen) atoms. The molecule has 1 amide bonds. The van der Waals surface area contributed by atoms with Crippen LogP contribution in [0.3, 0.4) is 0 Å². The molecule has 0 radical (unpaired) electrons. The molecule has 2 aromatic heterocycles. The number of para-hydroxylation sites is 1. The zero-order valence-electron chi connectivity index (χ0n) is 12.9. The van der Waals surface area contributed by atoms with Gasteiger partial charge >= 0.3 is 0 Å². The van der Waals surface area contributed by atoms with E-state index in [1.54, 1.807) is 6.20 Å². The molecule has 1 aliphatic rings. The zero-order valence-corrected chi connectivity index (χ0v) is 12.9. The van der Waals surface area contributed by atoms with Crippen LogP contribution in [0.5, 0.6) is 0 Å². The maximum absolute atomic E-state index is 12.6. The van der Waals surface area contributed by atoms with Gasteiger partial charge in [-0.15, -0.1) is 0 Å². The van der Waals surface area contributed by atoms with Gasteiger partial charge in [-0.1, -0.05) is 18.2 Å². The molecular weight excluding hydrogens is 290 g/mol. The fraction of sp³-hybridized carbons (Fsp3) is 0.333. The van der Waals surface area contributed by atoms with Crippen molar-refractivity contribution in [2.75, 3.05) is 13.1 Å². The molecule has 0 spiro atoms. The number of imidazole rings is 1. The summed E-state index contributed by atoms with van der Waals surface area (Å²) in [5.41, 5.74) is 0.769. The fourth-order valence-corrected chi connectivity index (χ4v) is 3.25. The molecule has 0 atom stereocenters. The molecule has 0 aliphatic carbocycles. The number of hydrogen-bond acceptors (Lipinski definition) is 3. The molecule has 1 saturated heterocycles. The van der Waals surface area contributed by atoms with Gasteiger partial charge in [0.2, 0.25) is 0 Å². The molecule has 3 heterocycles. The predicted octanol–water partition coefficient (Wildman–Crippen LogP) is 3.18. The van der Waals surface area contributed by atoms with Crippen molar-refractivity contribution in [1.82, 2.24) is 14.5 Å². The molecule has 1 aliphatic heterocycles. The first-order valence-corrected chi connectivity index (χ1v) is 8.03. The monoisotopic (exact) mass is 309 g/mol. The Labute approximate surface area is 134 Å². The summed E-state index contributed by atoms with van der Waals surface area (Å²) in [7, 11) is 0. The number of hydrogen-bond donors (Lipinski definition) is 0. The van der Waals surface area contributed by atoms with Crippen molar-refractivity contribution < 1.29 is 9.21 Å². The van der Waals surface area contributed by atoms with Crippen molar-refractivity contribution in [3.63, 3.8) is 0 Å². The molecule has 5 heteroatoms. The summed E-state index contributed by atoms with van der Waals surface area (Å²) >= 11 is 0. The van der Waals surface area contributed by atoms with Crippen molar-refractivity contribution in [3.05, 3.63) is 54.8 Å². The number of carbonyl (C=O) groups excluding carboxylic acids is 1. The standard InChI is InChI=1S/C18H19N3O2/c22-18(17-11-15-3-1-2-4-16(15)23-17)21-8-5-14(6-9-21)12-20-10-7-19-13-20/h1-4,7,10-11,13-14H,5-6,8-9,12H2. The third kappa shape index (κ3) is 2.86. The van der Waals surface area contributed by atoms with Gasteiger partial charge in [0, 0.05) is 37.4 Å².